The zero-order valence-electron chi connectivity index (χ0n) is 15.6. The van der Waals surface area contributed by atoms with Crippen molar-refractivity contribution in [3.8, 4) is 0 Å². The second-order valence-electron chi connectivity index (χ2n) is 7.48. The SMILES string of the molecule is CC(C)(C)OC(=O)NC1CCN(c2cc(Cl)c(C(F)(F)F)cc2[N+](=O)[O-])CC1. The summed E-state index contributed by atoms with van der Waals surface area (Å²) >= 11 is 5.73. The molecule has 1 N–H and O–H groups in total. The third kappa shape index (κ3) is 5.63. The second kappa shape index (κ2) is 8.02. The van der Waals surface area contributed by atoms with Gasteiger partial charge in [0.1, 0.15) is 11.3 Å². The molecule has 1 aliphatic rings. The van der Waals surface area contributed by atoms with Gasteiger partial charge in [0.2, 0.25) is 0 Å². The molecule has 1 fully saturated rings. The minimum Gasteiger partial charge on any atom is -0.444 e. The highest BCUT2D eigenvalue weighted by atomic mass is 35.5. The molecule has 1 saturated heterocycles. The normalized spacial score (nSPS) is 16.0. The van der Waals surface area contributed by atoms with Crippen LogP contribution in [0.2, 0.25) is 5.02 Å². The number of nitrogens with one attached hydrogen (secondary N) is 1. The van der Waals surface area contributed by atoms with Crippen molar-refractivity contribution < 1.29 is 27.6 Å². The molecule has 0 radical (unpaired) electrons. The number of anilines is 1. The van der Waals surface area contributed by atoms with E-state index in [9.17, 15) is 28.1 Å². The van der Waals surface area contributed by atoms with E-state index in [1.54, 1.807) is 25.7 Å². The first-order chi connectivity index (χ1) is 12.8. The zero-order chi connectivity index (χ0) is 21.3. The van der Waals surface area contributed by atoms with Gasteiger partial charge in [0.15, 0.2) is 0 Å². The molecular weight excluding hydrogens is 403 g/mol. The van der Waals surface area contributed by atoms with E-state index in [4.69, 9.17) is 16.3 Å². The molecule has 1 aliphatic heterocycles. The predicted octanol–water partition coefficient (Wildman–Crippen LogP) is 4.76. The fourth-order valence-corrected chi connectivity index (χ4v) is 3.17. The van der Waals surface area contributed by atoms with Gasteiger partial charge in [-0.05, 0) is 39.7 Å². The highest BCUT2D eigenvalue weighted by Crippen LogP contribution is 2.42. The highest BCUT2D eigenvalue weighted by molar-refractivity contribution is 6.31. The van der Waals surface area contributed by atoms with Gasteiger partial charge in [-0.15, -0.1) is 0 Å². The Morgan fingerprint density at radius 1 is 1.29 bits per heavy atom. The molecule has 1 aromatic rings. The number of hydrogen-bond acceptors (Lipinski definition) is 5. The molecule has 156 valence electrons. The van der Waals surface area contributed by atoms with E-state index in [0.717, 1.165) is 6.07 Å². The zero-order valence-corrected chi connectivity index (χ0v) is 16.4. The molecule has 0 unspecified atom stereocenters. The summed E-state index contributed by atoms with van der Waals surface area (Å²) in [6, 6.07) is 1.24. The topological polar surface area (TPSA) is 84.7 Å². The summed E-state index contributed by atoms with van der Waals surface area (Å²) in [6.45, 7) is 5.83. The molecular formula is C17H21ClF3N3O4. The van der Waals surface area contributed by atoms with Crippen molar-refractivity contribution >= 4 is 29.1 Å². The van der Waals surface area contributed by atoms with Crippen molar-refractivity contribution in [1.82, 2.24) is 5.32 Å². The lowest BCUT2D eigenvalue weighted by atomic mass is 10.0. The number of halogens is 4. The lowest BCUT2D eigenvalue weighted by Gasteiger charge is -2.34. The Hall–Kier alpha value is -2.23. The van der Waals surface area contributed by atoms with Crippen LogP contribution in [-0.2, 0) is 10.9 Å². The van der Waals surface area contributed by atoms with E-state index in [-0.39, 0.29) is 11.7 Å². The number of alkyl halides is 3. The van der Waals surface area contributed by atoms with Crippen LogP contribution in [0.3, 0.4) is 0 Å². The van der Waals surface area contributed by atoms with Crippen molar-refractivity contribution in [2.45, 2.75) is 51.4 Å². The number of benzene rings is 1. The van der Waals surface area contributed by atoms with Gasteiger partial charge in [0.05, 0.1) is 15.5 Å². The van der Waals surface area contributed by atoms with Gasteiger partial charge in [-0.1, -0.05) is 11.6 Å². The number of ether oxygens (including phenoxy) is 1. The molecule has 28 heavy (non-hydrogen) atoms. The molecule has 0 saturated carbocycles. The molecule has 0 aliphatic carbocycles. The van der Waals surface area contributed by atoms with Crippen molar-refractivity contribution in [2.24, 2.45) is 0 Å². The standard InChI is InChI=1S/C17H21ClF3N3O4/c1-16(2,3)28-15(25)22-10-4-6-23(7-5-10)13-9-12(18)11(17(19,20)21)8-14(13)24(26)27/h8-10H,4-7H2,1-3H3,(H,22,25). The maximum Gasteiger partial charge on any atom is 0.418 e. The lowest BCUT2D eigenvalue weighted by molar-refractivity contribution is -0.384. The average molecular weight is 424 g/mol. The van der Waals surface area contributed by atoms with Crippen molar-refractivity contribution in [3.05, 3.63) is 32.8 Å². The van der Waals surface area contributed by atoms with E-state index < -0.39 is 39.1 Å². The molecule has 1 heterocycles. The minimum atomic E-state index is -4.79. The Morgan fingerprint density at radius 2 is 1.86 bits per heavy atom. The molecule has 0 spiro atoms. The minimum absolute atomic E-state index is 0.0266. The Labute approximate surface area is 164 Å². The van der Waals surface area contributed by atoms with Crippen molar-refractivity contribution in [1.29, 1.82) is 0 Å². The number of carbonyl (C=O) groups excluding carboxylic acids is 1. The average Bonchev–Trinajstić information content (AvgIpc) is 2.52. The van der Waals surface area contributed by atoms with Gasteiger partial charge in [0, 0.05) is 25.2 Å². The number of nitro groups is 1. The predicted molar refractivity (Wildman–Crippen MR) is 97.7 cm³/mol. The van der Waals surface area contributed by atoms with Gasteiger partial charge < -0.3 is 15.0 Å². The molecule has 0 aromatic heterocycles. The number of nitro benzene ring substituents is 1. The Morgan fingerprint density at radius 3 is 2.32 bits per heavy atom. The van der Waals surface area contributed by atoms with Crippen LogP contribution in [0.4, 0.5) is 29.3 Å². The number of hydrogen-bond donors (Lipinski definition) is 1. The summed E-state index contributed by atoms with van der Waals surface area (Å²) in [5.41, 5.74) is -2.51. The third-order valence-corrected chi connectivity index (χ3v) is 4.44. The van der Waals surface area contributed by atoms with Crippen LogP contribution in [-0.4, -0.2) is 35.7 Å². The van der Waals surface area contributed by atoms with E-state index in [0.29, 0.717) is 32.0 Å². The maximum atomic E-state index is 13.0. The monoisotopic (exact) mass is 423 g/mol. The summed E-state index contributed by atoms with van der Waals surface area (Å²) in [4.78, 5) is 23.9. The second-order valence-corrected chi connectivity index (χ2v) is 7.89. The third-order valence-electron chi connectivity index (χ3n) is 4.12. The summed E-state index contributed by atoms with van der Waals surface area (Å²) in [6.07, 6.45) is -4.44. The molecule has 2 rings (SSSR count). The van der Waals surface area contributed by atoms with Crippen molar-refractivity contribution in [2.75, 3.05) is 18.0 Å². The summed E-state index contributed by atoms with van der Waals surface area (Å²) in [5.74, 6) is 0. The van der Waals surface area contributed by atoms with Crippen molar-refractivity contribution in [3.63, 3.8) is 0 Å². The first-order valence-electron chi connectivity index (χ1n) is 8.57. The molecule has 1 aromatic carbocycles. The summed E-state index contributed by atoms with van der Waals surface area (Å²) in [7, 11) is 0. The fraction of sp³-hybridized carbons (Fsp3) is 0.588. The van der Waals surface area contributed by atoms with Crippen LogP contribution in [0.25, 0.3) is 0 Å². The van der Waals surface area contributed by atoms with Gasteiger partial charge in [0.25, 0.3) is 5.69 Å². The number of rotatable bonds is 3. The molecule has 11 heteroatoms. The van der Waals surface area contributed by atoms with Gasteiger partial charge >= 0.3 is 12.3 Å². The van der Waals surface area contributed by atoms with Gasteiger partial charge in [-0.3, -0.25) is 10.1 Å². The molecule has 1 amide bonds. The lowest BCUT2D eigenvalue weighted by Crippen LogP contribution is -2.46. The number of amides is 1. The number of piperidine rings is 1. The fourth-order valence-electron chi connectivity index (χ4n) is 2.91. The molecule has 0 bridgehead atoms. The molecule has 7 nitrogen and oxygen atoms in total. The Bertz CT molecular complexity index is 757. The maximum absolute atomic E-state index is 13.0. The van der Waals surface area contributed by atoms with E-state index in [2.05, 4.69) is 5.32 Å². The number of nitrogens with zero attached hydrogens (tertiary/aromatic N) is 2. The summed E-state index contributed by atoms with van der Waals surface area (Å²) < 4.78 is 44.1. The largest absolute Gasteiger partial charge is 0.444 e. The smallest absolute Gasteiger partial charge is 0.418 e. The number of carbonyl (C=O) groups is 1. The van der Waals surface area contributed by atoms with Crippen LogP contribution < -0.4 is 10.2 Å². The van der Waals surface area contributed by atoms with Crippen LogP contribution in [0.1, 0.15) is 39.2 Å². The van der Waals surface area contributed by atoms with Crippen LogP contribution >= 0.6 is 11.6 Å². The van der Waals surface area contributed by atoms with E-state index in [1.165, 1.54) is 0 Å². The highest BCUT2D eigenvalue weighted by Gasteiger charge is 2.37. The molecule has 0 atom stereocenters. The van der Waals surface area contributed by atoms with Crippen LogP contribution in [0, 0.1) is 10.1 Å². The van der Waals surface area contributed by atoms with Gasteiger partial charge in [-0.25, -0.2) is 4.79 Å². The summed E-state index contributed by atoms with van der Waals surface area (Å²) in [5, 5.41) is 13.4. The first kappa shape index (κ1) is 22.1. The van der Waals surface area contributed by atoms with Crippen LogP contribution in [0.15, 0.2) is 12.1 Å². The Kier molecular flexibility index (Phi) is 6.32. The van der Waals surface area contributed by atoms with E-state index >= 15 is 0 Å². The first-order valence-corrected chi connectivity index (χ1v) is 8.95. The Balaban J connectivity index is 2.13. The number of alkyl carbamates (subject to hydrolysis) is 1. The quantitative estimate of drug-likeness (QED) is 0.559. The van der Waals surface area contributed by atoms with E-state index in [1.807, 2.05) is 0 Å². The van der Waals surface area contributed by atoms with Crippen LogP contribution in [0.5, 0.6) is 0 Å². The van der Waals surface area contributed by atoms with Gasteiger partial charge in [-0.2, -0.15) is 13.2 Å².